The first kappa shape index (κ1) is 16.4. The number of aromatic amines is 1. The van der Waals surface area contributed by atoms with Gasteiger partial charge in [-0.1, -0.05) is 28.9 Å². The predicted octanol–water partition coefficient (Wildman–Crippen LogP) is 3.84. The van der Waals surface area contributed by atoms with Crippen LogP contribution in [-0.2, 0) is 6.42 Å². The molecule has 6 nitrogen and oxygen atoms in total. The fraction of sp³-hybridized carbons (Fsp3) is 0.105. The standard InChI is InChI=1S/C19H15ClN4O2/c20-13-7-5-12(6-8-13)17-11-16(24-26-17)19(25)21-10-9-18-22-14-3-1-2-4-15(14)23-18/h1-8,11H,9-10H2,(H,21,25)(H,22,23). The summed E-state index contributed by atoms with van der Waals surface area (Å²) in [6.07, 6.45) is 0.600. The van der Waals surface area contributed by atoms with Crippen LogP contribution in [-0.4, -0.2) is 27.6 Å². The zero-order chi connectivity index (χ0) is 17.9. The lowest BCUT2D eigenvalue weighted by Gasteiger charge is -2.00. The van der Waals surface area contributed by atoms with Crippen molar-refractivity contribution in [3.63, 3.8) is 0 Å². The highest BCUT2D eigenvalue weighted by atomic mass is 35.5. The Balaban J connectivity index is 1.37. The third kappa shape index (κ3) is 3.45. The molecule has 0 aliphatic rings. The highest BCUT2D eigenvalue weighted by Crippen LogP contribution is 2.22. The van der Waals surface area contributed by atoms with Crippen LogP contribution in [0.3, 0.4) is 0 Å². The molecule has 0 aliphatic heterocycles. The number of carbonyl (C=O) groups is 1. The molecule has 130 valence electrons. The molecule has 0 aliphatic carbocycles. The van der Waals surface area contributed by atoms with E-state index in [0.717, 1.165) is 22.4 Å². The highest BCUT2D eigenvalue weighted by molar-refractivity contribution is 6.30. The molecule has 2 aromatic heterocycles. The second-order valence-corrected chi connectivity index (χ2v) is 6.23. The van der Waals surface area contributed by atoms with Gasteiger partial charge in [-0.15, -0.1) is 0 Å². The number of aromatic nitrogens is 3. The van der Waals surface area contributed by atoms with Crippen LogP contribution >= 0.6 is 11.6 Å². The second-order valence-electron chi connectivity index (χ2n) is 5.79. The maximum atomic E-state index is 12.2. The average Bonchev–Trinajstić information content (AvgIpc) is 3.29. The number of carbonyl (C=O) groups excluding carboxylic acids is 1. The molecule has 2 aromatic carbocycles. The number of amides is 1. The average molecular weight is 367 g/mol. The van der Waals surface area contributed by atoms with Crippen LogP contribution < -0.4 is 5.32 Å². The van der Waals surface area contributed by atoms with E-state index in [1.165, 1.54) is 0 Å². The Morgan fingerprint density at radius 3 is 2.77 bits per heavy atom. The molecule has 7 heteroatoms. The van der Waals surface area contributed by atoms with E-state index in [4.69, 9.17) is 16.1 Å². The fourth-order valence-electron chi connectivity index (χ4n) is 2.64. The van der Waals surface area contributed by atoms with Gasteiger partial charge in [0, 0.05) is 29.6 Å². The first-order valence-electron chi connectivity index (χ1n) is 8.13. The largest absolute Gasteiger partial charge is 0.355 e. The summed E-state index contributed by atoms with van der Waals surface area (Å²) in [6, 6.07) is 16.6. The Kier molecular flexibility index (Phi) is 4.41. The number of benzene rings is 2. The first-order valence-corrected chi connectivity index (χ1v) is 8.51. The highest BCUT2D eigenvalue weighted by Gasteiger charge is 2.13. The van der Waals surface area contributed by atoms with Crippen molar-refractivity contribution in [2.24, 2.45) is 0 Å². The summed E-state index contributed by atoms with van der Waals surface area (Å²) >= 11 is 5.87. The molecule has 0 radical (unpaired) electrons. The summed E-state index contributed by atoms with van der Waals surface area (Å²) in [7, 11) is 0. The third-order valence-electron chi connectivity index (χ3n) is 3.96. The van der Waals surface area contributed by atoms with Crippen LogP contribution in [0.4, 0.5) is 0 Å². The molecule has 0 spiro atoms. The zero-order valence-corrected chi connectivity index (χ0v) is 14.5. The van der Waals surface area contributed by atoms with Gasteiger partial charge >= 0.3 is 0 Å². The normalized spacial score (nSPS) is 11.0. The minimum absolute atomic E-state index is 0.236. The summed E-state index contributed by atoms with van der Waals surface area (Å²) in [5.41, 5.74) is 2.94. The van der Waals surface area contributed by atoms with E-state index >= 15 is 0 Å². The fourth-order valence-corrected chi connectivity index (χ4v) is 2.77. The van der Waals surface area contributed by atoms with Crippen molar-refractivity contribution in [2.45, 2.75) is 6.42 Å². The van der Waals surface area contributed by atoms with Gasteiger partial charge in [-0.2, -0.15) is 0 Å². The third-order valence-corrected chi connectivity index (χ3v) is 4.21. The molecule has 0 atom stereocenters. The van der Waals surface area contributed by atoms with Gasteiger partial charge in [0.2, 0.25) is 0 Å². The van der Waals surface area contributed by atoms with Gasteiger partial charge < -0.3 is 14.8 Å². The number of hydrogen-bond donors (Lipinski definition) is 2. The summed E-state index contributed by atoms with van der Waals surface area (Å²) < 4.78 is 5.24. The van der Waals surface area contributed by atoms with Gasteiger partial charge in [0.15, 0.2) is 11.5 Å². The maximum Gasteiger partial charge on any atom is 0.273 e. The van der Waals surface area contributed by atoms with E-state index in [1.807, 2.05) is 36.4 Å². The topological polar surface area (TPSA) is 83.8 Å². The molecule has 0 fully saturated rings. The molecule has 4 aromatic rings. The van der Waals surface area contributed by atoms with Crippen molar-refractivity contribution in [3.8, 4) is 11.3 Å². The van der Waals surface area contributed by atoms with Crippen molar-refractivity contribution < 1.29 is 9.32 Å². The van der Waals surface area contributed by atoms with Crippen LogP contribution in [0, 0.1) is 0 Å². The zero-order valence-electron chi connectivity index (χ0n) is 13.7. The number of nitrogens with one attached hydrogen (secondary N) is 2. The van der Waals surface area contributed by atoms with Crippen molar-refractivity contribution in [1.82, 2.24) is 20.4 Å². The Morgan fingerprint density at radius 2 is 1.96 bits per heavy atom. The van der Waals surface area contributed by atoms with E-state index in [2.05, 4.69) is 20.4 Å². The number of H-pyrrole nitrogens is 1. The molecule has 0 saturated carbocycles. The molecule has 0 unspecified atom stereocenters. The smallest absolute Gasteiger partial charge is 0.273 e. The van der Waals surface area contributed by atoms with E-state index in [9.17, 15) is 4.79 Å². The maximum absolute atomic E-state index is 12.2. The van der Waals surface area contributed by atoms with E-state index in [-0.39, 0.29) is 11.6 Å². The minimum atomic E-state index is -0.287. The van der Waals surface area contributed by atoms with Crippen LogP contribution in [0.1, 0.15) is 16.3 Å². The molecular formula is C19H15ClN4O2. The van der Waals surface area contributed by atoms with Gasteiger partial charge in [-0.3, -0.25) is 4.79 Å². The number of para-hydroxylation sites is 2. The number of hydrogen-bond acceptors (Lipinski definition) is 4. The SMILES string of the molecule is O=C(NCCc1nc2ccccc2[nH]1)c1cc(-c2ccc(Cl)cc2)on1. The first-order chi connectivity index (χ1) is 12.7. The van der Waals surface area contributed by atoms with Gasteiger partial charge in [0.25, 0.3) is 5.91 Å². The number of fused-ring (bicyclic) bond motifs is 1. The molecule has 4 rings (SSSR count). The summed E-state index contributed by atoms with van der Waals surface area (Å²) in [5.74, 6) is 1.06. The van der Waals surface area contributed by atoms with Crippen molar-refractivity contribution in [3.05, 3.63) is 71.1 Å². The summed E-state index contributed by atoms with van der Waals surface area (Å²) in [5, 5.41) is 7.29. The van der Waals surface area contributed by atoms with E-state index in [0.29, 0.717) is 23.7 Å². The number of imidazole rings is 1. The lowest BCUT2D eigenvalue weighted by molar-refractivity contribution is 0.0945. The minimum Gasteiger partial charge on any atom is -0.355 e. The van der Waals surface area contributed by atoms with Crippen LogP contribution in [0.5, 0.6) is 0 Å². The van der Waals surface area contributed by atoms with Crippen molar-refractivity contribution in [2.75, 3.05) is 6.54 Å². The molecule has 2 N–H and O–H groups in total. The Bertz CT molecular complexity index is 1020. The summed E-state index contributed by atoms with van der Waals surface area (Å²) in [6.45, 7) is 0.446. The van der Waals surface area contributed by atoms with Crippen LogP contribution in [0.15, 0.2) is 59.1 Å². The van der Waals surface area contributed by atoms with Gasteiger partial charge in [0.05, 0.1) is 11.0 Å². The van der Waals surface area contributed by atoms with Crippen LogP contribution in [0.25, 0.3) is 22.4 Å². The molecule has 0 bridgehead atoms. The molecule has 2 heterocycles. The number of halogens is 1. The lowest BCUT2D eigenvalue weighted by Crippen LogP contribution is -2.26. The van der Waals surface area contributed by atoms with Gasteiger partial charge in [0.1, 0.15) is 5.82 Å². The van der Waals surface area contributed by atoms with Gasteiger partial charge in [-0.25, -0.2) is 4.98 Å². The summed E-state index contributed by atoms with van der Waals surface area (Å²) in [4.78, 5) is 19.9. The molecular weight excluding hydrogens is 352 g/mol. The Labute approximate surface area is 154 Å². The van der Waals surface area contributed by atoms with Crippen molar-refractivity contribution in [1.29, 1.82) is 0 Å². The van der Waals surface area contributed by atoms with E-state index < -0.39 is 0 Å². The molecule has 0 saturated heterocycles. The molecule has 1 amide bonds. The van der Waals surface area contributed by atoms with E-state index in [1.54, 1.807) is 18.2 Å². The quantitative estimate of drug-likeness (QED) is 0.562. The number of rotatable bonds is 5. The Hall–Kier alpha value is -3.12. The Morgan fingerprint density at radius 1 is 1.15 bits per heavy atom. The van der Waals surface area contributed by atoms with Crippen LogP contribution in [0.2, 0.25) is 5.02 Å². The monoisotopic (exact) mass is 366 g/mol. The van der Waals surface area contributed by atoms with Crippen molar-refractivity contribution >= 4 is 28.5 Å². The lowest BCUT2D eigenvalue weighted by atomic mass is 10.1. The second kappa shape index (κ2) is 7.01. The predicted molar refractivity (Wildman–Crippen MR) is 99.1 cm³/mol. The number of nitrogens with zero attached hydrogens (tertiary/aromatic N) is 2. The molecule has 26 heavy (non-hydrogen) atoms. The van der Waals surface area contributed by atoms with Gasteiger partial charge in [-0.05, 0) is 36.4 Å².